The molecular weight excluding hydrogens is 268 g/mol. The summed E-state index contributed by atoms with van der Waals surface area (Å²) in [7, 11) is 4.07. The fourth-order valence-electron chi connectivity index (χ4n) is 2.41. The van der Waals surface area contributed by atoms with Gasteiger partial charge in [-0.05, 0) is 20.2 Å². The first kappa shape index (κ1) is 14.0. The van der Waals surface area contributed by atoms with Crippen LogP contribution in [-0.2, 0) is 11.3 Å². The number of rotatable bonds is 4. The molecule has 1 aliphatic heterocycles. The molecular formula is C14H20N6O. The minimum atomic E-state index is -0.0709. The third kappa shape index (κ3) is 3.37. The van der Waals surface area contributed by atoms with E-state index in [2.05, 4.69) is 29.7 Å². The lowest BCUT2D eigenvalue weighted by atomic mass is 10.2. The van der Waals surface area contributed by atoms with Crippen LogP contribution < -0.4 is 4.90 Å². The smallest absolute Gasteiger partial charge is 0.225 e. The maximum atomic E-state index is 5.83. The van der Waals surface area contributed by atoms with Crippen molar-refractivity contribution in [3.63, 3.8) is 0 Å². The number of hydrogen-bond donors (Lipinski definition) is 1. The molecule has 0 amide bonds. The second kappa shape index (κ2) is 6.19. The summed E-state index contributed by atoms with van der Waals surface area (Å²) in [5.41, 5.74) is 1.09. The SMILES string of the molecule is CN(C)Cc1cnc([C@@H]2CN(c3ncccn3)CCO2)[nH]1. The van der Waals surface area contributed by atoms with Crippen molar-refractivity contribution in [3.8, 4) is 0 Å². The van der Waals surface area contributed by atoms with E-state index >= 15 is 0 Å². The normalized spacial score (nSPS) is 19.2. The van der Waals surface area contributed by atoms with Gasteiger partial charge in [-0.1, -0.05) is 0 Å². The fourth-order valence-corrected chi connectivity index (χ4v) is 2.41. The molecule has 2 aromatic rings. The molecule has 3 heterocycles. The van der Waals surface area contributed by atoms with Gasteiger partial charge in [0.2, 0.25) is 5.95 Å². The van der Waals surface area contributed by atoms with Gasteiger partial charge in [0.05, 0.1) is 13.2 Å². The molecule has 1 fully saturated rings. The van der Waals surface area contributed by atoms with Crippen molar-refractivity contribution in [2.75, 3.05) is 38.7 Å². The topological polar surface area (TPSA) is 70.2 Å². The molecule has 0 aliphatic carbocycles. The summed E-state index contributed by atoms with van der Waals surface area (Å²) in [6.45, 7) is 2.99. The minimum Gasteiger partial charge on any atom is -0.367 e. The highest BCUT2D eigenvalue weighted by Crippen LogP contribution is 2.22. The Morgan fingerprint density at radius 2 is 2.14 bits per heavy atom. The molecule has 0 radical (unpaired) electrons. The van der Waals surface area contributed by atoms with Gasteiger partial charge >= 0.3 is 0 Å². The molecule has 0 unspecified atom stereocenters. The highest BCUT2D eigenvalue weighted by Gasteiger charge is 2.25. The van der Waals surface area contributed by atoms with E-state index in [1.807, 2.05) is 26.4 Å². The number of hydrogen-bond acceptors (Lipinski definition) is 6. The second-order valence-electron chi connectivity index (χ2n) is 5.39. The highest BCUT2D eigenvalue weighted by atomic mass is 16.5. The van der Waals surface area contributed by atoms with Crippen molar-refractivity contribution in [1.82, 2.24) is 24.8 Å². The van der Waals surface area contributed by atoms with Crippen LogP contribution in [0, 0.1) is 0 Å². The number of anilines is 1. The second-order valence-corrected chi connectivity index (χ2v) is 5.39. The first-order valence-corrected chi connectivity index (χ1v) is 7.04. The summed E-state index contributed by atoms with van der Waals surface area (Å²) >= 11 is 0. The van der Waals surface area contributed by atoms with Gasteiger partial charge in [-0.3, -0.25) is 0 Å². The van der Waals surface area contributed by atoms with Gasteiger partial charge in [0.1, 0.15) is 11.9 Å². The Hall–Kier alpha value is -1.99. The van der Waals surface area contributed by atoms with Crippen LogP contribution in [0.1, 0.15) is 17.6 Å². The van der Waals surface area contributed by atoms with Gasteiger partial charge < -0.3 is 19.5 Å². The number of aromatic nitrogens is 4. The monoisotopic (exact) mass is 288 g/mol. The van der Waals surface area contributed by atoms with Crippen LogP contribution >= 0.6 is 0 Å². The van der Waals surface area contributed by atoms with Crippen molar-refractivity contribution in [1.29, 1.82) is 0 Å². The van der Waals surface area contributed by atoms with Crippen LogP contribution in [-0.4, -0.2) is 58.6 Å². The zero-order chi connectivity index (χ0) is 14.7. The molecule has 3 rings (SSSR count). The van der Waals surface area contributed by atoms with Crippen LogP contribution in [0.3, 0.4) is 0 Å². The maximum absolute atomic E-state index is 5.83. The van der Waals surface area contributed by atoms with Gasteiger partial charge in [-0.25, -0.2) is 15.0 Å². The number of H-pyrrole nitrogens is 1. The van der Waals surface area contributed by atoms with Crippen LogP contribution in [0.5, 0.6) is 0 Å². The van der Waals surface area contributed by atoms with Crippen molar-refractivity contribution in [2.45, 2.75) is 12.6 Å². The molecule has 0 saturated carbocycles. The number of nitrogens with zero attached hydrogens (tertiary/aromatic N) is 5. The number of ether oxygens (including phenoxy) is 1. The molecule has 1 aliphatic rings. The Morgan fingerprint density at radius 1 is 1.33 bits per heavy atom. The van der Waals surface area contributed by atoms with Gasteiger partial charge in [0.25, 0.3) is 0 Å². The van der Waals surface area contributed by atoms with E-state index < -0.39 is 0 Å². The Morgan fingerprint density at radius 3 is 2.90 bits per heavy atom. The lowest BCUT2D eigenvalue weighted by molar-refractivity contribution is 0.0339. The molecule has 2 aromatic heterocycles. The highest BCUT2D eigenvalue weighted by molar-refractivity contribution is 5.29. The summed E-state index contributed by atoms with van der Waals surface area (Å²) in [6, 6.07) is 1.82. The largest absolute Gasteiger partial charge is 0.367 e. The third-order valence-corrected chi connectivity index (χ3v) is 3.34. The first-order valence-electron chi connectivity index (χ1n) is 7.04. The molecule has 7 heteroatoms. The van der Waals surface area contributed by atoms with Crippen LogP contribution in [0.4, 0.5) is 5.95 Å². The summed E-state index contributed by atoms with van der Waals surface area (Å²) in [5.74, 6) is 1.61. The molecule has 1 N–H and O–H groups in total. The minimum absolute atomic E-state index is 0.0709. The van der Waals surface area contributed by atoms with Crippen LogP contribution in [0.2, 0.25) is 0 Å². The van der Waals surface area contributed by atoms with Gasteiger partial charge in [-0.15, -0.1) is 0 Å². The van der Waals surface area contributed by atoms with Gasteiger partial charge in [0.15, 0.2) is 0 Å². The van der Waals surface area contributed by atoms with E-state index in [0.29, 0.717) is 13.2 Å². The summed E-state index contributed by atoms with van der Waals surface area (Å²) in [4.78, 5) is 20.6. The van der Waals surface area contributed by atoms with Crippen molar-refractivity contribution < 1.29 is 4.74 Å². The number of nitrogens with one attached hydrogen (secondary N) is 1. The van der Waals surface area contributed by atoms with Crippen molar-refractivity contribution in [3.05, 3.63) is 36.2 Å². The Kier molecular flexibility index (Phi) is 4.12. The van der Waals surface area contributed by atoms with E-state index in [9.17, 15) is 0 Å². The average molecular weight is 288 g/mol. The fraction of sp³-hybridized carbons (Fsp3) is 0.500. The molecule has 112 valence electrons. The zero-order valence-electron chi connectivity index (χ0n) is 12.4. The van der Waals surface area contributed by atoms with E-state index in [1.165, 1.54) is 0 Å². The zero-order valence-corrected chi connectivity index (χ0v) is 12.4. The Labute approximate surface area is 124 Å². The molecule has 21 heavy (non-hydrogen) atoms. The Balaban J connectivity index is 1.70. The van der Waals surface area contributed by atoms with Crippen LogP contribution in [0.15, 0.2) is 24.7 Å². The molecule has 0 aromatic carbocycles. The third-order valence-electron chi connectivity index (χ3n) is 3.34. The van der Waals surface area contributed by atoms with E-state index in [-0.39, 0.29) is 6.10 Å². The summed E-state index contributed by atoms with van der Waals surface area (Å²) in [6.07, 6.45) is 5.32. The molecule has 1 atom stereocenters. The van der Waals surface area contributed by atoms with Gasteiger partial charge in [0, 0.05) is 37.4 Å². The summed E-state index contributed by atoms with van der Waals surface area (Å²) in [5, 5.41) is 0. The van der Waals surface area contributed by atoms with Gasteiger partial charge in [-0.2, -0.15) is 0 Å². The molecule has 0 bridgehead atoms. The lowest BCUT2D eigenvalue weighted by Crippen LogP contribution is -2.39. The van der Waals surface area contributed by atoms with Crippen molar-refractivity contribution in [2.24, 2.45) is 0 Å². The Bertz CT molecular complexity index is 570. The summed E-state index contributed by atoms with van der Waals surface area (Å²) < 4.78 is 5.83. The predicted molar refractivity (Wildman–Crippen MR) is 78.9 cm³/mol. The standard InChI is InChI=1S/C14H20N6O/c1-19(2)9-11-8-17-13(18-11)12-10-20(6-7-21-12)14-15-4-3-5-16-14/h3-5,8,12H,6-7,9-10H2,1-2H3,(H,17,18)/t12-/m0/s1. The predicted octanol–water partition coefficient (Wildman–Crippen LogP) is 0.839. The van der Waals surface area contributed by atoms with E-state index in [1.54, 1.807) is 12.4 Å². The maximum Gasteiger partial charge on any atom is 0.225 e. The number of imidazole rings is 1. The quantitative estimate of drug-likeness (QED) is 0.899. The average Bonchev–Trinajstić information content (AvgIpc) is 2.96. The van der Waals surface area contributed by atoms with E-state index in [4.69, 9.17) is 4.74 Å². The number of aromatic amines is 1. The first-order chi connectivity index (χ1) is 10.2. The van der Waals surface area contributed by atoms with Crippen molar-refractivity contribution >= 4 is 5.95 Å². The van der Waals surface area contributed by atoms with E-state index in [0.717, 1.165) is 30.6 Å². The molecule has 7 nitrogen and oxygen atoms in total. The molecule has 0 spiro atoms. The lowest BCUT2D eigenvalue weighted by Gasteiger charge is -2.31. The number of morpholine rings is 1. The van der Waals surface area contributed by atoms with Crippen LogP contribution in [0.25, 0.3) is 0 Å². The molecule has 1 saturated heterocycles.